The minimum absolute atomic E-state index is 0.0128. The van der Waals surface area contributed by atoms with E-state index in [4.69, 9.17) is 10.5 Å². The highest BCUT2D eigenvalue weighted by molar-refractivity contribution is 5.05. The second kappa shape index (κ2) is 5.24. The minimum atomic E-state index is -0.0128. The Balaban J connectivity index is 3.94. The zero-order chi connectivity index (χ0) is 7.98. The number of hydrogen-bond donors (Lipinski definition) is 1. The van der Waals surface area contributed by atoms with E-state index in [1.807, 2.05) is 19.9 Å². The molecule has 0 aromatic carbocycles. The third-order valence-electron chi connectivity index (χ3n) is 1.27. The van der Waals surface area contributed by atoms with Crippen molar-refractivity contribution in [1.29, 1.82) is 0 Å². The van der Waals surface area contributed by atoms with E-state index in [2.05, 4.69) is 5.73 Å². The van der Waals surface area contributed by atoms with Crippen LogP contribution in [0.1, 0.15) is 13.8 Å². The van der Waals surface area contributed by atoms with Crippen molar-refractivity contribution in [2.75, 3.05) is 13.7 Å². The molecule has 0 saturated heterocycles. The van der Waals surface area contributed by atoms with E-state index in [0.29, 0.717) is 6.61 Å². The van der Waals surface area contributed by atoms with E-state index < -0.39 is 0 Å². The number of nitrogens with two attached hydrogens (primary N) is 1. The van der Waals surface area contributed by atoms with Crippen LogP contribution in [0.5, 0.6) is 0 Å². The quantitative estimate of drug-likeness (QED) is 0.597. The van der Waals surface area contributed by atoms with Crippen LogP contribution in [0.15, 0.2) is 17.4 Å². The average Bonchev–Trinajstić information content (AvgIpc) is 1.89. The van der Waals surface area contributed by atoms with Crippen molar-refractivity contribution in [3.05, 3.63) is 17.4 Å². The molecule has 0 radical (unpaired) electrons. The maximum Gasteiger partial charge on any atom is 0.0658 e. The number of ether oxygens (including phenoxy) is 1. The van der Waals surface area contributed by atoms with Crippen LogP contribution < -0.4 is 5.73 Å². The topological polar surface area (TPSA) is 35.2 Å². The Labute approximate surface area is 62.4 Å². The van der Waals surface area contributed by atoms with Crippen molar-refractivity contribution in [2.24, 2.45) is 5.73 Å². The summed E-state index contributed by atoms with van der Waals surface area (Å²) in [7, 11) is 1.64. The molecule has 0 aliphatic heterocycles. The van der Waals surface area contributed by atoms with Crippen molar-refractivity contribution in [1.82, 2.24) is 0 Å². The summed E-state index contributed by atoms with van der Waals surface area (Å²) in [6.07, 6.45) is 1.85. The lowest BCUT2D eigenvalue weighted by molar-refractivity contribution is 0.189. The second-order valence-electron chi connectivity index (χ2n) is 2.18. The summed E-state index contributed by atoms with van der Waals surface area (Å²) >= 11 is 0. The highest BCUT2D eigenvalue weighted by atomic mass is 16.5. The van der Waals surface area contributed by atoms with Gasteiger partial charge >= 0.3 is 0 Å². The van der Waals surface area contributed by atoms with Crippen LogP contribution in [0.2, 0.25) is 0 Å². The van der Waals surface area contributed by atoms with Gasteiger partial charge in [-0.3, -0.25) is 0 Å². The summed E-state index contributed by atoms with van der Waals surface area (Å²) in [4.78, 5) is 0. The summed E-state index contributed by atoms with van der Waals surface area (Å²) in [6, 6.07) is -0.0128. The molecule has 2 N–H and O–H groups in total. The van der Waals surface area contributed by atoms with Gasteiger partial charge in [-0.15, -0.1) is 5.73 Å². The first-order valence-electron chi connectivity index (χ1n) is 3.34. The highest BCUT2D eigenvalue weighted by Crippen LogP contribution is 1.95. The summed E-state index contributed by atoms with van der Waals surface area (Å²) in [6.45, 7) is 4.43. The maximum atomic E-state index is 5.67. The fourth-order valence-electron chi connectivity index (χ4n) is 0.639. The molecule has 10 heavy (non-hydrogen) atoms. The van der Waals surface area contributed by atoms with E-state index in [9.17, 15) is 0 Å². The van der Waals surface area contributed by atoms with E-state index in [1.165, 1.54) is 0 Å². The minimum Gasteiger partial charge on any atom is -0.383 e. The molecule has 0 aromatic rings. The van der Waals surface area contributed by atoms with Crippen LogP contribution in [-0.4, -0.2) is 19.8 Å². The van der Waals surface area contributed by atoms with Crippen molar-refractivity contribution in [3.8, 4) is 0 Å². The first kappa shape index (κ1) is 9.44. The maximum absolute atomic E-state index is 5.67. The highest BCUT2D eigenvalue weighted by Gasteiger charge is 2.01. The van der Waals surface area contributed by atoms with Crippen LogP contribution in [0, 0.1) is 0 Å². The molecule has 0 amide bonds. The Kier molecular flexibility index (Phi) is 4.95. The van der Waals surface area contributed by atoms with Gasteiger partial charge in [-0.25, -0.2) is 0 Å². The molecule has 1 atom stereocenters. The molecule has 0 aromatic heterocycles. The Morgan fingerprint density at radius 1 is 1.80 bits per heavy atom. The molecular formula is C8H15NO. The molecule has 0 saturated carbocycles. The van der Waals surface area contributed by atoms with Crippen LogP contribution in [-0.2, 0) is 4.74 Å². The largest absolute Gasteiger partial charge is 0.383 e. The van der Waals surface area contributed by atoms with Gasteiger partial charge in [-0.1, -0.05) is 0 Å². The second-order valence-corrected chi connectivity index (χ2v) is 2.18. The fraction of sp³-hybridized carbons (Fsp3) is 0.625. The lowest BCUT2D eigenvalue weighted by Crippen LogP contribution is -2.26. The Morgan fingerprint density at radius 3 is 2.80 bits per heavy atom. The van der Waals surface area contributed by atoms with Crippen molar-refractivity contribution in [2.45, 2.75) is 19.9 Å². The van der Waals surface area contributed by atoms with Crippen LogP contribution in [0.4, 0.5) is 0 Å². The summed E-state index contributed by atoms with van der Waals surface area (Å²) in [5.74, 6) is 0. The zero-order valence-corrected chi connectivity index (χ0v) is 6.85. The predicted octanol–water partition coefficient (Wildman–Crippen LogP) is 1.08. The fourth-order valence-corrected chi connectivity index (χ4v) is 0.639. The van der Waals surface area contributed by atoms with E-state index in [1.54, 1.807) is 7.11 Å². The average molecular weight is 141 g/mol. The summed E-state index contributed by atoms with van der Waals surface area (Å²) < 4.78 is 4.87. The number of hydrogen-bond acceptors (Lipinski definition) is 2. The lowest BCUT2D eigenvalue weighted by Gasteiger charge is -2.07. The van der Waals surface area contributed by atoms with Gasteiger partial charge in [0, 0.05) is 7.11 Å². The SMILES string of the molecule is CC=C=C(C)[C@@H](N)COC. The normalized spacial score (nSPS) is 12.0. The van der Waals surface area contributed by atoms with Gasteiger partial charge < -0.3 is 10.5 Å². The third-order valence-corrected chi connectivity index (χ3v) is 1.27. The standard InChI is InChI=1S/C8H15NO/c1-4-5-7(2)8(9)6-10-3/h4,8H,6,9H2,1-3H3/t5?,8-/m0/s1. The number of rotatable bonds is 3. The number of methoxy groups -OCH3 is 1. The van der Waals surface area contributed by atoms with Crippen LogP contribution in [0.3, 0.4) is 0 Å². The molecule has 0 bridgehead atoms. The summed E-state index contributed by atoms with van der Waals surface area (Å²) in [5.41, 5.74) is 9.72. The van der Waals surface area contributed by atoms with Gasteiger partial charge in [0.05, 0.1) is 12.6 Å². The molecule has 0 spiro atoms. The third kappa shape index (κ3) is 3.46. The molecule has 0 rings (SSSR count). The Hall–Kier alpha value is -0.560. The van der Waals surface area contributed by atoms with Crippen molar-refractivity contribution >= 4 is 0 Å². The molecule has 2 nitrogen and oxygen atoms in total. The molecular weight excluding hydrogens is 126 g/mol. The monoisotopic (exact) mass is 141 g/mol. The summed E-state index contributed by atoms with van der Waals surface area (Å²) in [5, 5.41) is 0. The predicted molar refractivity (Wildman–Crippen MR) is 42.8 cm³/mol. The van der Waals surface area contributed by atoms with Gasteiger partial charge in [0.2, 0.25) is 0 Å². The van der Waals surface area contributed by atoms with Crippen LogP contribution in [0.25, 0.3) is 0 Å². The van der Waals surface area contributed by atoms with Gasteiger partial charge in [-0.2, -0.15) is 0 Å². The van der Waals surface area contributed by atoms with Gasteiger partial charge in [-0.05, 0) is 25.5 Å². The molecule has 0 unspecified atom stereocenters. The zero-order valence-electron chi connectivity index (χ0n) is 6.85. The van der Waals surface area contributed by atoms with Crippen molar-refractivity contribution < 1.29 is 4.74 Å². The first-order chi connectivity index (χ1) is 4.72. The molecule has 0 aliphatic carbocycles. The van der Waals surface area contributed by atoms with E-state index >= 15 is 0 Å². The lowest BCUT2D eigenvalue weighted by atomic mass is 10.1. The molecule has 58 valence electrons. The first-order valence-corrected chi connectivity index (χ1v) is 3.34. The smallest absolute Gasteiger partial charge is 0.0658 e. The van der Waals surface area contributed by atoms with Gasteiger partial charge in [0.1, 0.15) is 0 Å². The van der Waals surface area contributed by atoms with Gasteiger partial charge in [0.15, 0.2) is 0 Å². The molecule has 0 fully saturated rings. The Morgan fingerprint density at radius 2 is 2.40 bits per heavy atom. The molecule has 0 aliphatic rings. The van der Waals surface area contributed by atoms with Gasteiger partial charge in [0.25, 0.3) is 0 Å². The molecule has 2 heteroatoms. The van der Waals surface area contributed by atoms with E-state index in [-0.39, 0.29) is 6.04 Å². The van der Waals surface area contributed by atoms with Crippen LogP contribution >= 0.6 is 0 Å². The molecule has 0 heterocycles. The van der Waals surface area contributed by atoms with E-state index in [0.717, 1.165) is 5.57 Å². The Bertz CT molecular complexity index is 145. The van der Waals surface area contributed by atoms with Crippen molar-refractivity contribution in [3.63, 3.8) is 0 Å².